The second kappa shape index (κ2) is 4.41. The quantitative estimate of drug-likeness (QED) is 0.777. The monoisotopic (exact) mass is 285 g/mol. The van der Waals surface area contributed by atoms with Gasteiger partial charge in [-0.2, -0.15) is 0 Å². The number of carbonyl (C=O) groups is 3. The maximum Gasteiger partial charge on any atom is 0.363 e. The predicted octanol–water partition coefficient (Wildman–Crippen LogP) is 1.79. The van der Waals surface area contributed by atoms with Crippen molar-refractivity contribution in [1.29, 1.82) is 0 Å². The lowest BCUT2D eigenvalue weighted by molar-refractivity contribution is -0.175. The van der Waals surface area contributed by atoms with Gasteiger partial charge in [-0.3, -0.25) is 9.59 Å². The number of amides is 2. The minimum absolute atomic E-state index is 0.264. The van der Waals surface area contributed by atoms with Gasteiger partial charge in [0.25, 0.3) is 11.8 Å². The van der Waals surface area contributed by atoms with Crippen molar-refractivity contribution < 1.29 is 19.2 Å². The molecule has 0 radical (unpaired) electrons. The van der Waals surface area contributed by atoms with Crippen LogP contribution in [0.3, 0.4) is 0 Å². The van der Waals surface area contributed by atoms with Crippen molar-refractivity contribution in [3.8, 4) is 0 Å². The van der Waals surface area contributed by atoms with Crippen molar-refractivity contribution in [2.24, 2.45) is 23.7 Å². The minimum atomic E-state index is -0.662. The molecule has 2 aliphatic carbocycles. The van der Waals surface area contributed by atoms with Crippen LogP contribution in [0.4, 0.5) is 0 Å². The lowest BCUT2D eigenvalue weighted by Crippen LogP contribution is -2.35. The van der Waals surface area contributed by atoms with E-state index >= 15 is 0 Å². The zero-order valence-corrected chi connectivity index (χ0v) is 11.4. The molecule has 1 aromatic rings. The molecule has 3 fully saturated rings. The van der Waals surface area contributed by atoms with Gasteiger partial charge in [0.2, 0.25) is 0 Å². The lowest BCUT2D eigenvalue weighted by atomic mass is 9.81. The summed E-state index contributed by atoms with van der Waals surface area (Å²) in [4.78, 5) is 41.9. The Morgan fingerprint density at radius 3 is 2.14 bits per heavy atom. The molecule has 1 aromatic carbocycles. The second-order valence-corrected chi connectivity index (χ2v) is 6.10. The number of fused-ring (bicyclic) bond motifs is 5. The molecule has 1 saturated heterocycles. The highest BCUT2D eigenvalue weighted by molar-refractivity contribution is 6.06. The molecule has 3 aliphatic rings. The normalized spacial score (nSPS) is 33.4. The Bertz CT molecular complexity index is 598. The van der Waals surface area contributed by atoms with Crippen LogP contribution in [-0.4, -0.2) is 22.8 Å². The number of benzene rings is 1. The number of rotatable bonds is 2. The van der Waals surface area contributed by atoms with E-state index in [1.165, 1.54) is 0 Å². The summed E-state index contributed by atoms with van der Waals surface area (Å²) in [6.45, 7) is 0. The summed E-state index contributed by atoms with van der Waals surface area (Å²) in [5.41, 5.74) is 0.332. The molecule has 2 amide bonds. The molecule has 5 heteroatoms. The molecule has 4 rings (SSSR count). The van der Waals surface area contributed by atoms with Crippen LogP contribution in [0.5, 0.6) is 0 Å². The van der Waals surface area contributed by atoms with Gasteiger partial charge < -0.3 is 4.84 Å². The topological polar surface area (TPSA) is 63.7 Å². The van der Waals surface area contributed by atoms with E-state index in [1.807, 2.05) is 0 Å². The number of hydroxylamine groups is 2. The van der Waals surface area contributed by atoms with E-state index in [0.717, 1.165) is 24.3 Å². The van der Waals surface area contributed by atoms with Crippen LogP contribution < -0.4 is 0 Å². The van der Waals surface area contributed by atoms with Crippen LogP contribution in [0.1, 0.15) is 29.6 Å². The average Bonchev–Trinajstić information content (AvgIpc) is 3.18. The van der Waals surface area contributed by atoms with Crippen LogP contribution in [-0.2, 0) is 14.4 Å². The first-order valence-corrected chi connectivity index (χ1v) is 7.32. The van der Waals surface area contributed by atoms with Crippen molar-refractivity contribution in [3.63, 3.8) is 0 Å². The van der Waals surface area contributed by atoms with Crippen molar-refractivity contribution in [2.75, 3.05) is 0 Å². The lowest BCUT2D eigenvalue weighted by Gasteiger charge is -2.18. The van der Waals surface area contributed by atoms with E-state index in [4.69, 9.17) is 4.84 Å². The molecule has 0 spiro atoms. The summed E-state index contributed by atoms with van der Waals surface area (Å²) in [7, 11) is 0. The summed E-state index contributed by atoms with van der Waals surface area (Å²) in [6.07, 6.45) is 2.98. The standard InChI is InChI=1S/C16H15NO4/c18-14-12-10-6-7-11(8-10)13(12)15(19)17(14)21-16(20)9-4-2-1-3-5-9/h1-5,10-13H,6-8H2/t10-,11-,12-,13-/m0/s1. The first-order valence-electron chi connectivity index (χ1n) is 7.32. The SMILES string of the molecule is O=C(ON1C(=O)[C@H]2[C@H]3CC[C@@H](C3)[C@@H]2C1=O)c1ccccc1. The maximum absolute atomic E-state index is 12.4. The Labute approximate surface area is 121 Å². The van der Waals surface area contributed by atoms with Crippen molar-refractivity contribution in [3.05, 3.63) is 35.9 Å². The third kappa shape index (κ3) is 1.73. The van der Waals surface area contributed by atoms with E-state index in [1.54, 1.807) is 30.3 Å². The Morgan fingerprint density at radius 2 is 1.57 bits per heavy atom. The van der Waals surface area contributed by atoms with Gasteiger partial charge in [-0.25, -0.2) is 4.79 Å². The van der Waals surface area contributed by atoms with Crippen LogP contribution >= 0.6 is 0 Å². The average molecular weight is 285 g/mol. The van der Waals surface area contributed by atoms with Gasteiger partial charge in [0.05, 0.1) is 17.4 Å². The van der Waals surface area contributed by atoms with E-state index in [9.17, 15) is 14.4 Å². The summed E-state index contributed by atoms with van der Waals surface area (Å²) in [5.74, 6) is -1.28. The van der Waals surface area contributed by atoms with E-state index < -0.39 is 5.97 Å². The highest BCUT2D eigenvalue weighted by Gasteiger charge is 2.62. The first kappa shape index (κ1) is 12.6. The Morgan fingerprint density at radius 1 is 1.00 bits per heavy atom. The van der Waals surface area contributed by atoms with Crippen LogP contribution in [0.15, 0.2) is 30.3 Å². The van der Waals surface area contributed by atoms with E-state index in [2.05, 4.69) is 0 Å². The summed E-state index contributed by atoms with van der Waals surface area (Å²) in [6, 6.07) is 8.39. The molecule has 5 nitrogen and oxygen atoms in total. The highest BCUT2D eigenvalue weighted by atomic mass is 16.7. The van der Waals surface area contributed by atoms with E-state index in [0.29, 0.717) is 5.56 Å². The molecule has 0 N–H and O–H groups in total. The minimum Gasteiger partial charge on any atom is -0.325 e. The molecule has 2 bridgehead atoms. The fourth-order valence-electron chi connectivity index (χ4n) is 4.18. The van der Waals surface area contributed by atoms with Crippen LogP contribution in [0.2, 0.25) is 0 Å². The summed E-state index contributed by atoms with van der Waals surface area (Å²) >= 11 is 0. The van der Waals surface area contributed by atoms with Gasteiger partial charge in [0, 0.05) is 0 Å². The Balaban J connectivity index is 1.56. The number of imide groups is 1. The zero-order valence-electron chi connectivity index (χ0n) is 11.4. The van der Waals surface area contributed by atoms with Gasteiger partial charge in [-0.1, -0.05) is 18.2 Å². The number of carbonyl (C=O) groups excluding carboxylic acids is 3. The molecule has 4 atom stereocenters. The van der Waals surface area contributed by atoms with Gasteiger partial charge in [0.15, 0.2) is 0 Å². The molecular formula is C16H15NO4. The van der Waals surface area contributed by atoms with Gasteiger partial charge in [-0.15, -0.1) is 5.06 Å². The van der Waals surface area contributed by atoms with Crippen LogP contribution in [0.25, 0.3) is 0 Å². The van der Waals surface area contributed by atoms with E-state index in [-0.39, 0.29) is 35.5 Å². The molecule has 1 aliphatic heterocycles. The maximum atomic E-state index is 12.4. The number of hydrogen-bond donors (Lipinski definition) is 0. The fourth-order valence-corrected chi connectivity index (χ4v) is 4.18. The summed E-state index contributed by atoms with van der Waals surface area (Å²) in [5, 5.41) is 0.717. The van der Waals surface area contributed by atoms with Gasteiger partial charge >= 0.3 is 5.97 Å². The van der Waals surface area contributed by atoms with Crippen LogP contribution in [0, 0.1) is 23.7 Å². The molecule has 1 heterocycles. The highest BCUT2D eigenvalue weighted by Crippen LogP contribution is 2.56. The zero-order chi connectivity index (χ0) is 14.6. The molecule has 2 saturated carbocycles. The smallest absolute Gasteiger partial charge is 0.325 e. The molecule has 21 heavy (non-hydrogen) atoms. The fraction of sp³-hybridized carbons (Fsp3) is 0.438. The molecule has 0 aromatic heterocycles. The summed E-state index contributed by atoms with van der Waals surface area (Å²) < 4.78 is 0. The Kier molecular flexibility index (Phi) is 2.64. The van der Waals surface area contributed by atoms with Crippen molar-refractivity contribution in [2.45, 2.75) is 19.3 Å². The van der Waals surface area contributed by atoms with Crippen molar-refractivity contribution >= 4 is 17.8 Å². The number of hydrogen-bond acceptors (Lipinski definition) is 4. The molecular weight excluding hydrogens is 270 g/mol. The Hall–Kier alpha value is -2.17. The first-order chi connectivity index (χ1) is 10.2. The van der Waals surface area contributed by atoms with Gasteiger partial charge in [-0.05, 0) is 43.2 Å². The van der Waals surface area contributed by atoms with Gasteiger partial charge in [0.1, 0.15) is 0 Å². The third-order valence-electron chi connectivity index (χ3n) is 5.07. The number of nitrogens with zero attached hydrogens (tertiary/aromatic N) is 1. The molecule has 0 unspecified atom stereocenters. The predicted molar refractivity (Wildman–Crippen MR) is 71.5 cm³/mol. The molecule has 108 valence electrons. The second-order valence-electron chi connectivity index (χ2n) is 6.10. The third-order valence-corrected chi connectivity index (χ3v) is 5.07. The van der Waals surface area contributed by atoms with Crippen molar-refractivity contribution in [1.82, 2.24) is 5.06 Å². The largest absolute Gasteiger partial charge is 0.363 e.